The van der Waals surface area contributed by atoms with Crippen molar-refractivity contribution in [3.63, 3.8) is 0 Å². The molecule has 31 heavy (non-hydrogen) atoms. The highest BCUT2D eigenvalue weighted by atomic mass is 19.1. The van der Waals surface area contributed by atoms with Crippen molar-refractivity contribution in [2.75, 3.05) is 44.8 Å². The van der Waals surface area contributed by atoms with E-state index in [0.717, 1.165) is 50.6 Å². The van der Waals surface area contributed by atoms with Gasteiger partial charge in [-0.2, -0.15) is 5.10 Å². The Bertz CT molecular complexity index is 1020. The number of aryl methyl sites for hydroxylation is 1. The fraction of sp³-hybridized carbons (Fsp3) is 0.409. The van der Waals surface area contributed by atoms with E-state index in [2.05, 4.69) is 25.3 Å². The summed E-state index contributed by atoms with van der Waals surface area (Å²) in [6.07, 6.45) is 5.40. The Balaban J connectivity index is 1.44. The second-order valence-electron chi connectivity index (χ2n) is 7.37. The molecule has 1 aliphatic heterocycles. The number of halogens is 1. The van der Waals surface area contributed by atoms with Gasteiger partial charge in [-0.25, -0.2) is 14.4 Å². The van der Waals surface area contributed by atoms with Crippen molar-refractivity contribution < 1.29 is 13.9 Å². The second-order valence-corrected chi connectivity index (χ2v) is 7.37. The predicted molar refractivity (Wildman–Crippen MR) is 116 cm³/mol. The summed E-state index contributed by atoms with van der Waals surface area (Å²) in [7, 11) is 0. The zero-order valence-corrected chi connectivity index (χ0v) is 17.8. The minimum absolute atomic E-state index is 0.237. The normalized spacial score (nSPS) is 14.5. The van der Waals surface area contributed by atoms with E-state index in [-0.39, 0.29) is 5.75 Å². The molecule has 0 bridgehead atoms. The van der Waals surface area contributed by atoms with E-state index >= 15 is 0 Å². The van der Waals surface area contributed by atoms with E-state index in [9.17, 15) is 4.39 Å². The first-order valence-corrected chi connectivity index (χ1v) is 10.5. The van der Waals surface area contributed by atoms with E-state index in [1.165, 1.54) is 6.07 Å². The lowest BCUT2D eigenvalue weighted by molar-refractivity contribution is 0.0360. The third-order valence-corrected chi connectivity index (χ3v) is 5.12. The van der Waals surface area contributed by atoms with Crippen molar-refractivity contribution in [3.8, 4) is 17.0 Å². The largest absolute Gasteiger partial charge is 0.491 e. The van der Waals surface area contributed by atoms with Gasteiger partial charge >= 0.3 is 0 Å². The summed E-state index contributed by atoms with van der Waals surface area (Å²) in [5.41, 5.74) is 2.99. The maximum Gasteiger partial charge on any atom is 0.227 e. The van der Waals surface area contributed by atoms with Crippen molar-refractivity contribution in [2.24, 2.45) is 0 Å². The summed E-state index contributed by atoms with van der Waals surface area (Å²) in [5.74, 6) is 0.261. The van der Waals surface area contributed by atoms with Crippen molar-refractivity contribution in [1.29, 1.82) is 0 Å². The highest BCUT2D eigenvalue weighted by molar-refractivity contribution is 5.65. The van der Waals surface area contributed by atoms with Gasteiger partial charge in [-0.1, -0.05) is 0 Å². The number of nitrogens with one attached hydrogen (secondary N) is 1. The first-order valence-electron chi connectivity index (χ1n) is 10.5. The summed E-state index contributed by atoms with van der Waals surface area (Å²) < 4.78 is 26.9. The predicted octanol–water partition coefficient (Wildman–Crippen LogP) is 3.26. The molecule has 8 nitrogen and oxygen atoms in total. The lowest BCUT2D eigenvalue weighted by Crippen LogP contribution is -2.38. The average Bonchev–Trinajstić information content (AvgIpc) is 3.23. The third-order valence-electron chi connectivity index (χ3n) is 5.12. The highest BCUT2D eigenvalue weighted by Gasteiger charge is 2.12. The van der Waals surface area contributed by atoms with Crippen LogP contribution in [0.5, 0.6) is 5.75 Å². The minimum atomic E-state index is -0.409. The van der Waals surface area contributed by atoms with Gasteiger partial charge in [0.1, 0.15) is 0 Å². The van der Waals surface area contributed by atoms with Crippen LogP contribution < -0.4 is 10.1 Å². The van der Waals surface area contributed by atoms with E-state index in [1.807, 2.05) is 24.7 Å². The number of hydrogen-bond acceptors (Lipinski definition) is 7. The van der Waals surface area contributed by atoms with Crippen molar-refractivity contribution in [1.82, 2.24) is 24.6 Å². The maximum atomic E-state index is 14.3. The lowest BCUT2D eigenvalue weighted by Gasteiger charge is -2.26. The second kappa shape index (κ2) is 9.84. The molecule has 0 radical (unpaired) electrons. The molecule has 1 saturated heterocycles. The van der Waals surface area contributed by atoms with Crippen molar-refractivity contribution >= 4 is 11.6 Å². The van der Waals surface area contributed by atoms with Gasteiger partial charge in [-0.3, -0.25) is 9.58 Å². The SMILES string of the molecule is CCOc1ccc(-c2nc(Nc3cnn(CCN4CCOCC4)c3)ncc2C)cc1F. The maximum absolute atomic E-state index is 14.3. The quantitative estimate of drug-likeness (QED) is 0.592. The van der Waals surface area contributed by atoms with Gasteiger partial charge in [0.05, 0.1) is 43.9 Å². The van der Waals surface area contributed by atoms with Crippen molar-refractivity contribution in [3.05, 3.63) is 48.2 Å². The molecule has 1 aliphatic rings. The fourth-order valence-corrected chi connectivity index (χ4v) is 3.46. The summed E-state index contributed by atoms with van der Waals surface area (Å²) >= 11 is 0. The molecule has 0 atom stereocenters. The summed E-state index contributed by atoms with van der Waals surface area (Å²) in [5, 5.41) is 7.60. The Morgan fingerprint density at radius 2 is 2.03 bits per heavy atom. The van der Waals surface area contributed by atoms with E-state index < -0.39 is 5.82 Å². The number of hydrogen-bond donors (Lipinski definition) is 1. The third kappa shape index (κ3) is 5.36. The first kappa shape index (κ1) is 21.2. The van der Waals surface area contributed by atoms with Crippen molar-refractivity contribution in [2.45, 2.75) is 20.4 Å². The number of anilines is 2. The molecule has 164 valence electrons. The van der Waals surface area contributed by atoms with Crippen LogP contribution in [-0.2, 0) is 11.3 Å². The van der Waals surface area contributed by atoms with Crippen LogP contribution in [0.1, 0.15) is 12.5 Å². The van der Waals surface area contributed by atoms with Gasteiger partial charge in [0.15, 0.2) is 11.6 Å². The number of ether oxygens (including phenoxy) is 2. The van der Waals surface area contributed by atoms with Gasteiger partial charge in [-0.15, -0.1) is 0 Å². The standard InChI is InChI=1S/C22H27FN6O2/c1-3-31-20-5-4-17(12-19(20)23)21-16(2)13-24-22(27-21)26-18-14-25-29(15-18)7-6-28-8-10-30-11-9-28/h4-5,12-15H,3,6-11H2,1-2H3,(H,24,26,27). The Morgan fingerprint density at radius 1 is 1.19 bits per heavy atom. The Labute approximate surface area is 181 Å². The molecule has 1 fully saturated rings. The first-order chi connectivity index (χ1) is 15.1. The summed E-state index contributed by atoms with van der Waals surface area (Å²) in [4.78, 5) is 11.3. The molecule has 1 N–H and O–H groups in total. The number of benzene rings is 1. The van der Waals surface area contributed by atoms with Gasteiger partial charge < -0.3 is 14.8 Å². The zero-order valence-electron chi connectivity index (χ0n) is 17.8. The fourth-order valence-electron chi connectivity index (χ4n) is 3.46. The van der Waals surface area contributed by atoms with Crippen LogP contribution in [0.15, 0.2) is 36.8 Å². The van der Waals surface area contributed by atoms with Crippen LogP contribution in [-0.4, -0.2) is 64.1 Å². The molecule has 0 aliphatic carbocycles. The average molecular weight is 426 g/mol. The van der Waals surface area contributed by atoms with Crippen LogP contribution in [0.3, 0.4) is 0 Å². The van der Waals surface area contributed by atoms with Crippen LogP contribution in [0.25, 0.3) is 11.3 Å². The van der Waals surface area contributed by atoms with E-state index in [4.69, 9.17) is 9.47 Å². The molecule has 0 saturated carbocycles. The highest BCUT2D eigenvalue weighted by Crippen LogP contribution is 2.27. The molecule has 2 aromatic heterocycles. The van der Waals surface area contributed by atoms with E-state index in [0.29, 0.717) is 23.8 Å². The van der Waals surface area contributed by atoms with Crippen LogP contribution in [0.4, 0.5) is 16.0 Å². The number of morpholine rings is 1. The Morgan fingerprint density at radius 3 is 2.81 bits per heavy atom. The molecule has 0 amide bonds. The molecule has 0 unspecified atom stereocenters. The molecule has 4 rings (SSSR count). The topological polar surface area (TPSA) is 77.3 Å². The van der Waals surface area contributed by atoms with Crippen LogP contribution >= 0.6 is 0 Å². The number of nitrogens with zero attached hydrogens (tertiary/aromatic N) is 5. The van der Waals surface area contributed by atoms with Crippen LogP contribution in [0.2, 0.25) is 0 Å². The Hall–Kier alpha value is -3.04. The molecule has 9 heteroatoms. The molecule has 3 heterocycles. The summed E-state index contributed by atoms with van der Waals surface area (Å²) in [6.45, 7) is 9.36. The molecular formula is C22H27FN6O2. The molecular weight excluding hydrogens is 399 g/mol. The van der Waals surface area contributed by atoms with Gasteiger partial charge in [0, 0.05) is 37.6 Å². The van der Waals surface area contributed by atoms with E-state index in [1.54, 1.807) is 24.5 Å². The summed E-state index contributed by atoms with van der Waals surface area (Å²) in [6, 6.07) is 4.87. The van der Waals surface area contributed by atoms with Gasteiger partial charge in [-0.05, 0) is 37.6 Å². The molecule has 1 aromatic carbocycles. The molecule has 3 aromatic rings. The minimum Gasteiger partial charge on any atom is -0.491 e. The monoisotopic (exact) mass is 426 g/mol. The molecule has 0 spiro atoms. The Kier molecular flexibility index (Phi) is 6.73. The number of aromatic nitrogens is 4. The van der Waals surface area contributed by atoms with Gasteiger partial charge in [0.2, 0.25) is 5.95 Å². The smallest absolute Gasteiger partial charge is 0.227 e. The zero-order chi connectivity index (χ0) is 21.6. The number of rotatable bonds is 8. The van der Waals surface area contributed by atoms with Gasteiger partial charge in [0.25, 0.3) is 0 Å². The lowest BCUT2D eigenvalue weighted by atomic mass is 10.1. The van der Waals surface area contributed by atoms with Crippen LogP contribution in [0, 0.1) is 12.7 Å².